The van der Waals surface area contributed by atoms with Crippen LogP contribution in [0.2, 0.25) is 0 Å². The number of amides is 1. The summed E-state index contributed by atoms with van der Waals surface area (Å²) in [4.78, 5) is 28.6. The third kappa shape index (κ3) is 3.38. The number of carbonyl (C=O) groups is 2. The van der Waals surface area contributed by atoms with Crippen molar-refractivity contribution in [3.63, 3.8) is 0 Å². The molecule has 0 atom stereocenters. The van der Waals surface area contributed by atoms with Gasteiger partial charge >= 0.3 is 0 Å². The summed E-state index contributed by atoms with van der Waals surface area (Å²) in [5.74, 6) is 0.0330. The zero-order chi connectivity index (χ0) is 18.8. The summed E-state index contributed by atoms with van der Waals surface area (Å²) in [6, 6.07) is 11.0. The molecule has 2 aromatic heterocycles. The molecule has 6 heteroatoms. The number of hydrogen-bond acceptors (Lipinski definition) is 4. The zero-order valence-corrected chi connectivity index (χ0v) is 15.1. The Labute approximate surface area is 157 Å². The quantitative estimate of drug-likeness (QED) is 0.776. The number of aryl methyl sites for hydroxylation is 1. The number of Topliss-reactive ketones (excluding diaryl/α,β-unsaturated/α-hetero) is 1. The van der Waals surface area contributed by atoms with Gasteiger partial charge in [-0.25, -0.2) is 4.68 Å². The van der Waals surface area contributed by atoms with Crippen molar-refractivity contribution in [1.82, 2.24) is 20.1 Å². The summed E-state index contributed by atoms with van der Waals surface area (Å²) in [6.45, 7) is 2.31. The summed E-state index contributed by atoms with van der Waals surface area (Å²) in [6.07, 6.45) is 5.72. The molecular formula is C21H20N4O2. The van der Waals surface area contributed by atoms with Gasteiger partial charge in [0.2, 0.25) is 0 Å². The Balaban J connectivity index is 1.52. The number of pyridine rings is 1. The Kier molecular flexibility index (Phi) is 4.54. The Morgan fingerprint density at radius 1 is 1.19 bits per heavy atom. The van der Waals surface area contributed by atoms with Gasteiger partial charge in [0, 0.05) is 30.9 Å². The molecule has 4 rings (SSSR count). The highest BCUT2D eigenvalue weighted by atomic mass is 16.1. The van der Waals surface area contributed by atoms with E-state index in [2.05, 4.69) is 15.4 Å². The van der Waals surface area contributed by atoms with Gasteiger partial charge in [-0.2, -0.15) is 5.10 Å². The summed E-state index contributed by atoms with van der Waals surface area (Å²) in [7, 11) is 0. The summed E-state index contributed by atoms with van der Waals surface area (Å²) in [5.41, 5.74) is 4.89. The summed E-state index contributed by atoms with van der Waals surface area (Å²) >= 11 is 0. The smallest absolute Gasteiger partial charge is 0.251 e. The second-order valence-electron chi connectivity index (χ2n) is 6.69. The van der Waals surface area contributed by atoms with Crippen LogP contribution in [-0.2, 0) is 13.0 Å². The number of aromatic nitrogens is 3. The molecule has 6 nitrogen and oxygen atoms in total. The number of carbonyl (C=O) groups excluding carboxylic acids is 2. The molecular weight excluding hydrogens is 340 g/mol. The first-order chi connectivity index (χ1) is 13.1. The average molecular weight is 360 g/mol. The van der Waals surface area contributed by atoms with E-state index in [0.29, 0.717) is 18.5 Å². The van der Waals surface area contributed by atoms with Crippen molar-refractivity contribution in [3.8, 4) is 5.69 Å². The number of nitrogens with zero attached hydrogens (tertiary/aromatic N) is 3. The largest absolute Gasteiger partial charge is 0.348 e. The lowest BCUT2D eigenvalue weighted by Gasteiger charge is -2.13. The van der Waals surface area contributed by atoms with Gasteiger partial charge in [0.25, 0.3) is 5.91 Å². The van der Waals surface area contributed by atoms with Crippen molar-refractivity contribution >= 4 is 11.7 Å². The molecule has 0 fully saturated rings. The van der Waals surface area contributed by atoms with Gasteiger partial charge in [-0.3, -0.25) is 14.6 Å². The minimum Gasteiger partial charge on any atom is -0.348 e. The van der Waals surface area contributed by atoms with Crippen LogP contribution in [0.4, 0.5) is 0 Å². The summed E-state index contributed by atoms with van der Waals surface area (Å²) in [5, 5.41) is 7.44. The maximum atomic E-state index is 12.3. The van der Waals surface area contributed by atoms with Crippen molar-refractivity contribution < 1.29 is 9.59 Å². The highest BCUT2D eigenvalue weighted by Gasteiger charge is 2.25. The van der Waals surface area contributed by atoms with Crippen LogP contribution in [-0.4, -0.2) is 26.5 Å². The molecule has 0 radical (unpaired) electrons. The van der Waals surface area contributed by atoms with Gasteiger partial charge in [-0.15, -0.1) is 0 Å². The first-order valence-corrected chi connectivity index (χ1v) is 9.03. The number of nitrogens with one attached hydrogen (secondary N) is 1. The van der Waals surface area contributed by atoms with Crippen LogP contribution < -0.4 is 5.32 Å². The van der Waals surface area contributed by atoms with Gasteiger partial charge in [0.05, 0.1) is 22.6 Å². The molecule has 0 bridgehead atoms. The molecule has 2 heterocycles. The lowest BCUT2D eigenvalue weighted by atomic mass is 9.94. The number of rotatable bonds is 4. The van der Waals surface area contributed by atoms with E-state index in [1.54, 1.807) is 24.5 Å². The Morgan fingerprint density at radius 3 is 2.74 bits per heavy atom. The predicted octanol–water partition coefficient (Wildman–Crippen LogP) is 3.02. The highest BCUT2D eigenvalue weighted by Crippen LogP contribution is 2.26. The van der Waals surface area contributed by atoms with Crippen molar-refractivity contribution in [2.24, 2.45) is 0 Å². The Morgan fingerprint density at radius 2 is 2.00 bits per heavy atom. The van der Waals surface area contributed by atoms with Crippen LogP contribution in [0.3, 0.4) is 0 Å². The molecule has 0 spiro atoms. The topological polar surface area (TPSA) is 76.9 Å². The van der Waals surface area contributed by atoms with Gasteiger partial charge in [-0.05, 0) is 55.7 Å². The standard InChI is InChI=1S/C21H20N4O2/c1-14-20-18(5-2-6-19(20)26)25(24-14)17-9-7-16(8-10-17)21(27)23-13-15-4-3-11-22-12-15/h3-4,7-12H,2,5-6,13H2,1H3,(H,23,27). The maximum absolute atomic E-state index is 12.3. The summed E-state index contributed by atoms with van der Waals surface area (Å²) < 4.78 is 1.83. The van der Waals surface area contributed by atoms with E-state index >= 15 is 0 Å². The fourth-order valence-electron chi connectivity index (χ4n) is 3.46. The fourth-order valence-corrected chi connectivity index (χ4v) is 3.46. The molecule has 1 aromatic carbocycles. The van der Waals surface area contributed by atoms with Crippen LogP contribution in [0.15, 0.2) is 48.8 Å². The first kappa shape index (κ1) is 17.1. The second-order valence-corrected chi connectivity index (χ2v) is 6.69. The molecule has 27 heavy (non-hydrogen) atoms. The molecule has 0 saturated carbocycles. The Hall–Kier alpha value is -3.28. The lowest BCUT2D eigenvalue weighted by Crippen LogP contribution is -2.22. The highest BCUT2D eigenvalue weighted by molar-refractivity contribution is 5.99. The number of hydrogen-bond donors (Lipinski definition) is 1. The third-order valence-corrected chi connectivity index (χ3v) is 4.80. The van der Waals surface area contributed by atoms with Gasteiger partial charge < -0.3 is 5.32 Å². The SMILES string of the molecule is Cc1nn(-c2ccc(C(=O)NCc3cccnc3)cc2)c2c1C(=O)CCC2. The fraction of sp³-hybridized carbons (Fsp3) is 0.238. The van der Waals surface area contributed by atoms with Crippen molar-refractivity contribution in [1.29, 1.82) is 0 Å². The predicted molar refractivity (Wildman–Crippen MR) is 101 cm³/mol. The molecule has 1 amide bonds. The molecule has 3 aromatic rings. The maximum Gasteiger partial charge on any atom is 0.251 e. The molecule has 0 aliphatic heterocycles. The van der Waals surface area contributed by atoms with Crippen molar-refractivity contribution in [2.45, 2.75) is 32.7 Å². The van der Waals surface area contributed by atoms with Crippen molar-refractivity contribution in [3.05, 3.63) is 76.9 Å². The van der Waals surface area contributed by atoms with Gasteiger partial charge in [0.1, 0.15) is 0 Å². The van der Waals surface area contributed by atoms with E-state index < -0.39 is 0 Å². The van der Waals surface area contributed by atoms with Crippen LogP contribution in [0.5, 0.6) is 0 Å². The molecule has 1 aliphatic carbocycles. The monoisotopic (exact) mass is 360 g/mol. The number of fused-ring (bicyclic) bond motifs is 1. The van der Waals surface area contributed by atoms with Crippen LogP contribution in [0, 0.1) is 6.92 Å². The molecule has 136 valence electrons. The molecule has 1 aliphatic rings. The first-order valence-electron chi connectivity index (χ1n) is 9.03. The minimum absolute atomic E-state index is 0.140. The third-order valence-electron chi connectivity index (χ3n) is 4.80. The molecule has 1 N–H and O–H groups in total. The van der Waals surface area contributed by atoms with Crippen LogP contribution in [0.25, 0.3) is 5.69 Å². The Bertz CT molecular complexity index is 991. The van der Waals surface area contributed by atoms with E-state index in [0.717, 1.165) is 41.0 Å². The average Bonchev–Trinajstić information content (AvgIpc) is 3.05. The zero-order valence-electron chi connectivity index (χ0n) is 15.1. The van der Waals surface area contributed by atoms with Gasteiger partial charge in [0.15, 0.2) is 5.78 Å². The van der Waals surface area contributed by atoms with Crippen molar-refractivity contribution in [2.75, 3.05) is 0 Å². The molecule has 0 unspecified atom stereocenters. The normalized spacial score (nSPS) is 13.3. The van der Waals surface area contributed by atoms with E-state index in [9.17, 15) is 9.59 Å². The number of ketones is 1. The second kappa shape index (κ2) is 7.15. The van der Waals surface area contributed by atoms with Gasteiger partial charge in [-0.1, -0.05) is 6.07 Å². The number of benzene rings is 1. The van der Waals surface area contributed by atoms with E-state index in [4.69, 9.17) is 0 Å². The van der Waals surface area contributed by atoms with E-state index in [-0.39, 0.29) is 11.7 Å². The van der Waals surface area contributed by atoms with Crippen LogP contribution >= 0.6 is 0 Å². The minimum atomic E-state index is -0.140. The van der Waals surface area contributed by atoms with E-state index in [1.165, 1.54) is 0 Å². The lowest BCUT2D eigenvalue weighted by molar-refractivity contribution is 0.0948. The van der Waals surface area contributed by atoms with Crippen LogP contribution in [0.1, 0.15) is 50.5 Å². The molecule has 0 saturated heterocycles. The van der Waals surface area contributed by atoms with E-state index in [1.807, 2.05) is 35.9 Å².